The molecule has 3 rings (SSSR count). The van der Waals surface area contributed by atoms with Gasteiger partial charge in [-0.2, -0.15) is 0 Å². The average Bonchev–Trinajstić information content (AvgIpc) is 3.26. The highest BCUT2D eigenvalue weighted by Gasteiger charge is 2.33. The van der Waals surface area contributed by atoms with Crippen molar-refractivity contribution in [3.05, 3.63) is 35.4 Å². The molecule has 1 unspecified atom stereocenters. The van der Waals surface area contributed by atoms with E-state index in [1.54, 1.807) is 5.56 Å². The first-order valence-corrected chi connectivity index (χ1v) is 8.14. The van der Waals surface area contributed by atoms with Crippen LogP contribution in [-0.4, -0.2) is 24.5 Å². The maximum Gasteiger partial charge on any atom is 0.0473 e. The number of nitrogens with two attached hydrogens (primary N) is 1. The molecule has 1 heterocycles. The predicted octanol–water partition coefficient (Wildman–Crippen LogP) is 3.69. The Bertz CT molecular complexity index is 452. The Balaban J connectivity index is 1.80. The monoisotopic (exact) mass is 272 g/mol. The zero-order valence-electron chi connectivity index (χ0n) is 12.9. The molecule has 110 valence electrons. The van der Waals surface area contributed by atoms with Gasteiger partial charge in [-0.25, -0.2) is 0 Å². The van der Waals surface area contributed by atoms with Crippen molar-refractivity contribution in [2.24, 2.45) is 11.1 Å². The fourth-order valence-corrected chi connectivity index (χ4v) is 3.49. The molecule has 2 nitrogen and oxygen atoms in total. The Morgan fingerprint density at radius 3 is 2.45 bits per heavy atom. The van der Waals surface area contributed by atoms with Gasteiger partial charge in [0, 0.05) is 12.6 Å². The van der Waals surface area contributed by atoms with Crippen molar-refractivity contribution in [2.45, 2.75) is 51.5 Å². The Morgan fingerprint density at radius 2 is 1.85 bits per heavy atom. The van der Waals surface area contributed by atoms with Crippen LogP contribution in [0.15, 0.2) is 24.3 Å². The van der Waals surface area contributed by atoms with Crippen molar-refractivity contribution in [1.29, 1.82) is 0 Å². The molecule has 1 saturated carbocycles. The molecule has 0 radical (unpaired) electrons. The van der Waals surface area contributed by atoms with Gasteiger partial charge >= 0.3 is 0 Å². The third-order valence-electron chi connectivity index (χ3n) is 5.19. The zero-order valence-corrected chi connectivity index (χ0v) is 12.9. The number of hydrogen-bond donors (Lipinski definition) is 1. The largest absolute Gasteiger partial charge is 0.329 e. The number of hydrogen-bond acceptors (Lipinski definition) is 2. The van der Waals surface area contributed by atoms with Gasteiger partial charge in [0.15, 0.2) is 0 Å². The van der Waals surface area contributed by atoms with Crippen LogP contribution in [-0.2, 0) is 0 Å². The normalized spacial score (nSPS) is 24.6. The Labute approximate surface area is 123 Å². The fraction of sp³-hybridized carbons (Fsp3) is 0.667. The van der Waals surface area contributed by atoms with Crippen LogP contribution in [0.4, 0.5) is 0 Å². The molecule has 0 aromatic heterocycles. The Morgan fingerprint density at radius 1 is 1.20 bits per heavy atom. The van der Waals surface area contributed by atoms with Crippen molar-refractivity contribution < 1.29 is 0 Å². The molecule has 1 atom stereocenters. The smallest absolute Gasteiger partial charge is 0.0473 e. The molecule has 2 heteroatoms. The molecule has 1 saturated heterocycles. The molecule has 20 heavy (non-hydrogen) atoms. The first-order chi connectivity index (χ1) is 9.61. The number of rotatable bonds is 4. The van der Waals surface area contributed by atoms with Gasteiger partial charge in [0.25, 0.3) is 0 Å². The highest BCUT2D eigenvalue weighted by molar-refractivity contribution is 5.36. The number of benzene rings is 1. The summed E-state index contributed by atoms with van der Waals surface area (Å²) in [4.78, 5) is 2.62. The SMILES string of the molecule is CC1(C)CCN(C(CN)c2ccccc2C2CC2)CC1. The molecular weight excluding hydrogens is 244 g/mol. The fourth-order valence-electron chi connectivity index (χ4n) is 3.49. The standard InChI is InChI=1S/C18H28N2/c1-18(2)9-11-20(12-10-18)17(13-19)16-6-4-3-5-15(16)14-7-8-14/h3-6,14,17H,7-13,19H2,1-2H3. The van der Waals surface area contributed by atoms with E-state index in [9.17, 15) is 0 Å². The summed E-state index contributed by atoms with van der Waals surface area (Å²) in [5, 5.41) is 0. The molecule has 0 spiro atoms. The Kier molecular flexibility index (Phi) is 3.87. The van der Waals surface area contributed by atoms with Crippen LogP contribution < -0.4 is 5.73 Å². The van der Waals surface area contributed by atoms with Crippen LogP contribution in [0.3, 0.4) is 0 Å². The van der Waals surface area contributed by atoms with E-state index in [0.29, 0.717) is 11.5 Å². The van der Waals surface area contributed by atoms with E-state index in [4.69, 9.17) is 5.73 Å². The van der Waals surface area contributed by atoms with Crippen molar-refractivity contribution >= 4 is 0 Å². The van der Waals surface area contributed by atoms with Crippen LogP contribution in [0.25, 0.3) is 0 Å². The number of piperidine rings is 1. The summed E-state index contributed by atoms with van der Waals surface area (Å²) in [6, 6.07) is 9.42. The van der Waals surface area contributed by atoms with Gasteiger partial charge in [0.1, 0.15) is 0 Å². The summed E-state index contributed by atoms with van der Waals surface area (Å²) in [5.74, 6) is 0.807. The van der Waals surface area contributed by atoms with Crippen molar-refractivity contribution in [1.82, 2.24) is 4.90 Å². The van der Waals surface area contributed by atoms with Gasteiger partial charge < -0.3 is 5.73 Å². The quantitative estimate of drug-likeness (QED) is 0.906. The van der Waals surface area contributed by atoms with Crippen LogP contribution in [0.2, 0.25) is 0 Å². The summed E-state index contributed by atoms with van der Waals surface area (Å²) in [6.45, 7) is 7.89. The van der Waals surface area contributed by atoms with Crippen molar-refractivity contribution in [2.75, 3.05) is 19.6 Å². The van der Waals surface area contributed by atoms with E-state index >= 15 is 0 Å². The first kappa shape index (κ1) is 14.1. The Hall–Kier alpha value is -0.860. The molecule has 2 aliphatic rings. The molecule has 0 amide bonds. The molecule has 1 aliphatic carbocycles. The number of likely N-dealkylation sites (tertiary alicyclic amines) is 1. The highest BCUT2D eigenvalue weighted by Crippen LogP contribution is 2.44. The van der Waals surface area contributed by atoms with E-state index in [-0.39, 0.29) is 0 Å². The zero-order chi connectivity index (χ0) is 14.2. The van der Waals surface area contributed by atoms with Crippen LogP contribution >= 0.6 is 0 Å². The third kappa shape index (κ3) is 2.91. The van der Waals surface area contributed by atoms with E-state index in [1.165, 1.54) is 44.3 Å². The van der Waals surface area contributed by atoms with Gasteiger partial charge in [-0.05, 0) is 61.2 Å². The lowest BCUT2D eigenvalue weighted by Gasteiger charge is -2.41. The number of nitrogens with zero attached hydrogens (tertiary/aromatic N) is 1. The van der Waals surface area contributed by atoms with Gasteiger partial charge in [0.2, 0.25) is 0 Å². The minimum Gasteiger partial charge on any atom is -0.329 e. The lowest BCUT2D eigenvalue weighted by atomic mass is 9.81. The minimum absolute atomic E-state index is 0.419. The van der Waals surface area contributed by atoms with E-state index in [2.05, 4.69) is 43.0 Å². The lowest BCUT2D eigenvalue weighted by Crippen LogP contribution is -2.42. The maximum absolute atomic E-state index is 6.15. The molecule has 2 fully saturated rings. The predicted molar refractivity (Wildman–Crippen MR) is 84.8 cm³/mol. The average molecular weight is 272 g/mol. The van der Waals surface area contributed by atoms with Crippen LogP contribution in [0.5, 0.6) is 0 Å². The summed E-state index contributed by atoms with van der Waals surface area (Å²) in [7, 11) is 0. The molecule has 1 aromatic rings. The molecular formula is C18H28N2. The second-order valence-electron chi connectivity index (χ2n) is 7.35. The second kappa shape index (κ2) is 5.50. The second-order valence-corrected chi connectivity index (χ2v) is 7.35. The van der Waals surface area contributed by atoms with Gasteiger partial charge in [-0.1, -0.05) is 38.1 Å². The molecule has 2 N–H and O–H groups in total. The van der Waals surface area contributed by atoms with Crippen LogP contribution in [0, 0.1) is 5.41 Å². The van der Waals surface area contributed by atoms with Gasteiger partial charge in [0.05, 0.1) is 0 Å². The minimum atomic E-state index is 0.419. The van der Waals surface area contributed by atoms with Crippen molar-refractivity contribution in [3.8, 4) is 0 Å². The van der Waals surface area contributed by atoms with E-state index < -0.39 is 0 Å². The summed E-state index contributed by atoms with van der Waals surface area (Å²) >= 11 is 0. The summed E-state index contributed by atoms with van der Waals surface area (Å²) in [6.07, 6.45) is 5.30. The topological polar surface area (TPSA) is 29.3 Å². The summed E-state index contributed by atoms with van der Waals surface area (Å²) in [5.41, 5.74) is 9.72. The van der Waals surface area contributed by atoms with E-state index in [1.807, 2.05) is 0 Å². The highest BCUT2D eigenvalue weighted by atomic mass is 15.2. The van der Waals surface area contributed by atoms with Crippen LogP contribution in [0.1, 0.15) is 62.6 Å². The van der Waals surface area contributed by atoms with Gasteiger partial charge in [-0.15, -0.1) is 0 Å². The maximum atomic E-state index is 6.15. The molecule has 0 bridgehead atoms. The molecule has 1 aromatic carbocycles. The molecule has 1 aliphatic heterocycles. The first-order valence-electron chi connectivity index (χ1n) is 8.14. The third-order valence-corrected chi connectivity index (χ3v) is 5.19. The van der Waals surface area contributed by atoms with Gasteiger partial charge in [-0.3, -0.25) is 4.90 Å². The lowest BCUT2D eigenvalue weighted by molar-refractivity contribution is 0.0960. The van der Waals surface area contributed by atoms with Crippen molar-refractivity contribution in [3.63, 3.8) is 0 Å². The summed E-state index contributed by atoms with van der Waals surface area (Å²) < 4.78 is 0. The van der Waals surface area contributed by atoms with E-state index in [0.717, 1.165) is 12.5 Å².